The maximum Gasteiger partial charge on any atom is -0.0316 e. The Balaban J connectivity index is 2.97. The van der Waals surface area contributed by atoms with Crippen LogP contribution in [0.2, 0.25) is 0 Å². The number of allylic oxidation sites excluding steroid dienone is 3. The van der Waals surface area contributed by atoms with Crippen LogP contribution < -0.4 is 0 Å². The highest BCUT2D eigenvalue weighted by Gasteiger charge is 1.80. The predicted molar refractivity (Wildman–Crippen MR) is 52.4 cm³/mol. The monoisotopic (exact) mass is 151 g/mol. The zero-order chi connectivity index (χ0) is 8.36. The summed E-state index contributed by atoms with van der Waals surface area (Å²) < 4.78 is 0. The lowest BCUT2D eigenvalue weighted by Crippen LogP contribution is -1.71. The summed E-state index contributed by atoms with van der Waals surface area (Å²) >= 11 is 0. The SMILES string of the molecule is [CH2]CCCC/C=C/CCC=C. The molecule has 0 aromatic rings. The van der Waals surface area contributed by atoms with Crippen LogP contribution in [0.25, 0.3) is 0 Å². The minimum atomic E-state index is 1.07. The first kappa shape index (κ1) is 10.5. The molecule has 11 heavy (non-hydrogen) atoms. The van der Waals surface area contributed by atoms with Crippen molar-refractivity contribution >= 4 is 0 Å². The first-order valence-electron chi connectivity index (χ1n) is 4.47. The van der Waals surface area contributed by atoms with Crippen molar-refractivity contribution in [1.29, 1.82) is 0 Å². The molecule has 1 radical (unpaired) electrons. The van der Waals surface area contributed by atoms with Crippen molar-refractivity contribution in [3.63, 3.8) is 0 Å². The largest absolute Gasteiger partial charge is 0.103 e. The molecule has 0 nitrogen and oxygen atoms in total. The van der Waals surface area contributed by atoms with Crippen LogP contribution >= 0.6 is 0 Å². The van der Waals surface area contributed by atoms with Crippen LogP contribution in [0.5, 0.6) is 0 Å². The van der Waals surface area contributed by atoms with Gasteiger partial charge in [0.1, 0.15) is 0 Å². The highest BCUT2D eigenvalue weighted by molar-refractivity contribution is 4.84. The topological polar surface area (TPSA) is 0 Å². The summed E-state index contributed by atoms with van der Waals surface area (Å²) in [6.07, 6.45) is 13.5. The molecule has 63 valence electrons. The Morgan fingerprint density at radius 3 is 2.27 bits per heavy atom. The zero-order valence-electron chi connectivity index (χ0n) is 7.39. The van der Waals surface area contributed by atoms with Gasteiger partial charge in [-0.3, -0.25) is 0 Å². The Hall–Kier alpha value is -0.520. The van der Waals surface area contributed by atoms with Gasteiger partial charge in [0.25, 0.3) is 0 Å². The highest BCUT2D eigenvalue weighted by atomic mass is 13.9. The van der Waals surface area contributed by atoms with Crippen molar-refractivity contribution in [2.24, 2.45) is 0 Å². The Morgan fingerprint density at radius 2 is 1.64 bits per heavy atom. The normalized spacial score (nSPS) is 10.6. The second-order valence-electron chi connectivity index (χ2n) is 2.69. The first-order chi connectivity index (χ1) is 5.41. The molecule has 0 bridgehead atoms. The molecule has 0 heteroatoms. The second kappa shape index (κ2) is 9.48. The summed E-state index contributed by atoms with van der Waals surface area (Å²) in [6.45, 7) is 7.46. The summed E-state index contributed by atoms with van der Waals surface area (Å²) in [5.74, 6) is 0. The van der Waals surface area contributed by atoms with Crippen LogP contribution in [0.4, 0.5) is 0 Å². The maximum absolute atomic E-state index is 3.80. The molecule has 0 aliphatic carbocycles. The molecule has 0 amide bonds. The molecular formula is C11H19. The van der Waals surface area contributed by atoms with Gasteiger partial charge in [-0.15, -0.1) is 6.58 Å². The molecule has 0 saturated heterocycles. The fraction of sp³-hybridized carbons (Fsp3) is 0.545. The number of unbranched alkanes of at least 4 members (excludes halogenated alkanes) is 4. The van der Waals surface area contributed by atoms with Gasteiger partial charge in [-0.05, 0) is 25.7 Å². The van der Waals surface area contributed by atoms with Crippen molar-refractivity contribution in [3.8, 4) is 0 Å². The minimum Gasteiger partial charge on any atom is -0.103 e. The molecule has 0 aromatic heterocycles. The van der Waals surface area contributed by atoms with E-state index in [0.29, 0.717) is 0 Å². The smallest absolute Gasteiger partial charge is 0.0316 e. The Labute approximate surface area is 71.0 Å². The van der Waals surface area contributed by atoms with Crippen molar-refractivity contribution in [2.45, 2.75) is 38.5 Å². The molecular weight excluding hydrogens is 132 g/mol. The van der Waals surface area contributed by atoms with E-state index in [-0.39, 0.29) is 0 Å². The molecule has 0 aliphatic heterocycles. The predicted octanol–water partition coefficient (Wildman–Crippen LogP) is 3.90. The average Bonchev–Trinajstić information content (AvgIpc) is 2.03. The zero-order valence-corrected chi connectivity index (χ0v) is 7.39. The van der Waals surface area contributed by atoms with E-state index in [9.17, 15) is 0 Å². The van der Waals surface area contributed by atoms with E-state index < -0.39 is 0 Å². The molecule has 0 fully saturated rings. The average molecular weight is 151 g/mol. The van der Waals surface area contributed by atoms with Gasteiger partial charge in [0, 0.05) is 0 Å². The second-order valence-corrected chi connectivity index (χ2v) is 2.69. The summed E-state index contributed by atoms with van der Waals surface area (Å²) in [6, 6.07) is 0. The van der Waals surface area contributed by atoms with Crippen molar-refractivity contribution < 1.29 is 0 Å². The van der Waals surface area contributed by atoms with Crippen LogP contribution in [0.3, 0.4) is 0 Å². The van der Waals surface area contributed by atoms with Gasteiger partial charge in [0.05, 0.1) is 0 Å². The third-order valence-corrected chi connectivity index (χ3v) is 1.57. The fourth-order valence-electron chi connectivity index (χ4n) is 0.889. The lowest BCUT2D eigenvalue weighted by molar-refractivity contribution is 0.759. The molecule has 0 aromatic carbocycles. The third-order valence-electron chi connectivity index (χ3n) is 1.57. The van der Waals surface area contributed by atoms with Crippen molar-refractivity contribution in [2.75, 3.05) is 0 Å². The van der Waals surface area contributed by atoms with Gasteiger partial charge in [0.15, 0.2) is 0 Å². The van der Waals surface area contributed by atoms with Gasteiger partial charge in [-0.2, -0.15) is 0 Å². The molecule has 0 saturated carbocycles. The molecule has 0 rings (SSSR count). The van der Waals surface area contributed by atoms with Crippen LogP contribution in [0.1, 0.15) is 38.5 Å². The molecule has 0 atom stereocenters. The minimum absolute atomic E-state index is 1.07. The quantitative estimate of drug-likeness (QED) is 0.382. The molecule has 0 aliphatic rings. The van der Waals surface area contributed by atoms with Gasteiger partial charge in [-0.25, -0.2) is 0 Å². The van der Waals surface area contributed by atoms with E-state index in [4.69, 9.17) is 0 Å². The van der Waals surface area contributed by atoms with Crippen LogP contribution in [0.15, 0.2) is 24.8 Å². The van der Waals surface area contributed by atoms with Crippen molar-refractivity contribution in [1.82, 2.24) is 0 Å². The van der Waals surface area contributed by atoms with E-state index in [2.05, 4.69) is 25.7 Å². The van der Waals surface area contributed by atoms with Gasteiger partial charge >= 0.3 is 0 Å². The molecule has 0 N–H and O–H groups in total. The maximum atomic E-state index is 3.80. The molecule has 0 heterocycles. The molecule has 0 spiro atoms. The standard InChI is InChI=1S/C11H19/c1-3-5-7-9-11-10-8-6-4-2/h3,9,11H,1-2,4-8,10H2/b11-9+. The van der Waals surface area contributed by atoms with Gasteiger partial charge in [0.2, 0.25) is 0 Å². The number of hydrogen-bond acceptors (Lipinski definition) is 0. The first-order valence-corrected chi connectivity index (χ1v) is 4.47. The highest BCUT2D eigenvalue weighted by Crippen LogP contribution is 2.00. The van der Waals surface area contributed by atoms with Gasteiger partial charge < -0.3 is 0 Å². The Bertz CT molecular complexity index is 101. The fourth-order valence-corrected chi connectivity index (χ4v) is 0.889. The number of hydrogen-bond donors (Lipinski definition) is 0. The summed E-state index contributed by atoms with van der Waals surface area (Å²) in [4.78, 5) is 0. The lowest BCUT2D eigenvalue weighted by atomic mass is 10.2. The van der Waals surface area contributed by atoms with E-state index in [0.717, 1.165) is 19.3 Å². The molecule has 0 unspecified atom stereocenters. The van der Waals surface area contributed by atoms with Crippen LogP contribution in [-0.2, 0) is 0 Å². The Morgan fingerprint density at radius 1 is 0.909 bits per heavy atom. The van der Waals surface area contributed by atoms with Crippen molar-refractivity contribution in [3.05, 3.63) is 31.7 Å². The van der Waals surface area contributed by atoms with E-state index in [1.54, 1.807) is 0 Å². The van der Waals surface area contributed by atoms with Crippen LogP contribution in [-0.4, -0.2) is 0 Å². The van der Waals surface area contributed by atoms with E-state index in [1.165, 1.54) is 19.3 Å². The lowest BCUT2D eigenvalue weighted by Gasteiger charge is -1.90. The summed E-state index contributed by atoms with van der Waals surface area (Å²) in [5, 5.41) is 0. The third kappa shape index (κ3) is 9.48. The van der Waals surface area contributed by atoms with E-state index in [1.807, 2.05) is 6.08 Å². The summed E-state index contributed by atoms with van der Waals surface area (Å²) in [5.41, 5.74) is 0. The van der Waals surface area contributed by atoms with Gasteiger partial charge in [-0.1, -0.05) is 38.0 Å². The summed E-state index contributed by atoms with van der Waals surface area (Å²) in [7, 11) is 0. The Kier molecular flexibility index (Phi) is 9.03. The number of rotatable bonds is 7. The van der Waals surface area contributed by atoms with Crippen LogP contribution in [0, 0.1) is 6.92 Å². The van der Waals surface area contributed by atoms with E-state index >= 15 is 0 Å².